The van der Waals surface area contributed by atoms with E-state index in [9.17, 15) is 14.7 Å². The number of benzene rings is 1. The number of hydrogen-bond donors (Lipinski definition) is 4. The molecule has 0 aromatic heterocycles. The number of carboxylic acid groups (broad SMARTS) is 1. The van der Waals surface area contributed by atoms with Gasteiger partial charge in [-0.15, -0.1) is 0 Å². The molecule has 0 radical (unpaired) electrons. The average Bonchev–Trinajstić information content (AvgIpc) is 3.29. The first-order valence-corrected chi connectivity index (χ1v) is 7.10. The molecule has 1 fully saturated rings. The molecule has 1 unspecified atom stereocenters. The fraction of sp³-hybridized carbons (Fsp3) is 0.467. The van der Waals surface area contributed by atoms with Crippen LogP contribution in [0.3, 0.4) is 0 Å². The zero-order chi connectivity index (χ0) is 16.2. The van der Waals surface area contributed by atoms with Crippen LogP contribution in [0.15, 0.2) is 24.3 Å². The Labute approximate surface area is 128 Å². The van der Waals surface area contributed by atoms with Crippen molar-refractivity contribution in [3.05, 3.63) is 24.3 Å². The maximum atomic E-state index is 11.6. The number of amides is 2. The van der Waals surface area contributed by atoms with E-state index < -0.39 is 24.1 Å². The van der Waals surface area contributed by atoms with Crippen molar-refractivity contribution in [2.24, 2.45) is 5.92 Å². The second-order valence-electron chi connectivity index (χ2n) is 5.67. The Kier molecular flexibility index (Phi) is 4.87. The van der Waals surface area contributed by atoms with Crippen LogP contribution in [0, 0.1) is 5.92 Å². The maximum Gasteiger partial charge on any atom is 0.337 e. The van der Waals surface area contributed by atoms with E-state index in [2.05, 4.69) is 10.6 Å². The van der Waals surface area contributed by atoms with Gasteiger partial charge in [0.1, 0.15) is 5.75 Å². The molecule has 0 aliphatic heterocycles. The lowest BCUT2D eigenvalue weighted by molar-refractivity contribution is -0.155. The minimum absolute atomic E-state index is 0.392. The van der Waals surface area contributed by atoms with Crippen LogP contribution >= 0.6 is 0 Å². The zero-order valence-electron chi connectivity index (χ0n) is 12.3. The van der Waals surface area contributed by atoms with Crippen molar-refractivity contribution in [2.75, 3.05) is 18.5 Å². The molecule has 7 nitrogen and oxygen atoms in total. The topological polar surface area (TPSA) is 108 Å². The van der Waals surface area contributed by atoms with Crippen molar-refractivity contribution in [3.8, 4) is 5.75 Å². The van der Waals surface area contributed by atoms with Crippen LogP contribution in [0.2, 0.25) is 0 Å². The van der Waals surface area contributed by atoms with Crippen LogP contribution < -0.4 is 15.4 Å². The molecule has 0 bridgehead atoms. The Bertz CT molecular complexity index is 537. The van der Waals surface area contributed by atoms with Crippen LogP contribution in [-0.2, 0) is 4.79 Å². The van der Waals surface area contributed by atoms with Gasteiger partial charge in [-0.05, 0) is 49.9 Å². The molecule has 7 heteroatoms. The number of rotatable bonds is 7. The first-order valence-electron chi connectivity index (χ1n) is 7.10. The van der Waals surface area contributed by atoms with Crippen molar-refractivity contribution in [3.63, 3.8) is 0 Å². The Hall–Kier alpha value is -2.28. The largest absolute Gasteiger partial charge is 0.493 e. The Morgan fingerprint density at radius 2 is 1.95 bits per heavy atom. The lowest BCUT2D eigenvalue weighted by Gasteiger charge is -2.18. The van der Waals surface area contributed by atoms with Gasteiger partial charge in [0, 0.05) is 5.69 Å². The monoisotopic (exact) mass is 308 g/mol. The van der Waals surface area contributed by atoms with Gasteiger partial charge in [-0.3, -0.25) is 0 Å². The van der Waals surface area contributed by atoms with Crippen molar-refractivity contribution in [1.29, 1.82) is 0 Å². The molecule has 1 aliphatic carbocycles. The summed E-state index contributed by atoms with van der Waals surface area (Å²) in [7, 11) is 0. The molecule has 1 saturated carbocycles. The number of nitrogens with one attached hydrogen (secondary N) is 2. The summed E-state index contributed by atoms with van der Waals surface area (Å²) in [5, 5.41) is 23.1. The van der Waals surface area contributed by atoms with E-state index in [0.29, 0.717) is 11.6 Å². The molecule has 2 rings (SSSR count). The first kappa shape index (κ1) is 16.1. The van der Waals surface area contributed by atoms with E-state index in [-0.39, 0.29) is 0 Å². The number of aliphatic hydroxyl groups is 1. The van der Waals surface area contributed by atoms with Crippen LogP contribution in [0.5, 0.6) is 5.75 Å². The van der Waals surface area contributed by atoms with Crippen molar-refractivity contribution >= 4 is 17.7 Å². The van der Waals surface area contributed by atoms with Gasteiger partial charge < -0.3 is 25.6 Å². The number of urea groups is 1. The quantitative estimate of drug-likeness (QED) is 0.609. The Morgan fingerprint density at radius 3 is 2.50 bits per heavy atom. The van der Waals surface area contributed by atoms with E-state index in [0.717, 1.165) is 19.3 Å². The molecule has 22 heavy (non-hydrogen) atoms. The number of carbonyl (C=O) groups is 2. The van der Waals surface area contributed by atoms with E-state index in [4.69, 9.17) is 9.84 Å². The van der Waals surface area contributed by atoms with Gasteiger partial charge in [0.15, 0.2) is 5.60 Å². The summed E-state index contributed by atoms with van der Waals surface area (Å²) < 4.78 is 5.58. The minimum Gasteiger partial charge on any atom is -0.493 e. The van der Waals surface area contributed by atoms with Crippen LogP contribution in [0.4, 0.5) is 10.5 Å². The minimum atomic E-state index is -2.00. The smallest absolute Gasteiger partial charge is 0.337 e. The third kappa shape index (κ3) is 4.92. The predicted octanol–water partition coefficient (Wildman–Crippen LogP) is 1.43. The van der Waals surface area contributed by atoms with E-state index in [1.165, 1.54) is 12.8 Å². The Morgan fingerprint density at radius 1 is 1.32 bits per heavy atom. The summed E-state index contributed by atoms with van der Waals surface area (Å²) in [5.41, 5.74) is -1.45. The van der Waals surface area contributed by atoms with Gasteiger partial charge >= 0.3 is 12.0 Å². The maximum absolute atomic E-state index is 11.6. The number of carbonyl (C=O) groups excluding carboxylic acids is 1. The standard InChI is InChI=1S/C15H20N2O5/c1-15(21,13(18)19)9-16-14(20)17-11-4-6-12(7-5-11)22-8-10-2-3-10/h4-7,10,21H,2-3,8-9H2,1H3,(H,18,19)(H2,16,17,20). The highest BCUT2D eigenvalue weighted by molar-refractivity contribution is 5.90. The SMILES string of the molecule is CC(O)(CNC(=O)Nc1ccc(OCC2CC2)cc1)C(=O)O. The van der Waals surface area contributed by atoms with E-state index in [1.54, 1.807) is 24.3 Å². The fourth-order valence-corrected chi connectivity index (χ4v) is 1.64. The van der Waals surface area contributed by atoms with Gasteiger partial charge in [0.05, 0.1) is 13.2 Å². The highest BCUT2D eigenvalue weighted by atomic mass is 16.5. The van der Waals surface area contributed by atoms with E-state index in [1.807, 2.05) is 0 Å². The van der Waals surface area contributed by atoms with Gasteiger partial charge in [-0.25, -0.2) is 9.59 Å². The molecule has 2 amide bonds. The second-order valence-corrected chi connectivity index (χ2v) is 5.67. The third-order valence-electron chi connectivity index (χ3n) is 3.35. The van der Waals surface area contributed by atoms with Crippen LogP contribution in [-0.4, -0.2) is 41.0 Å². The van der Waals surface area contributed by atoms with Crippen molar-refractivity contribution in [2.45, 2.75) is 25.4 Å². The molecule has 0 spiro atoms. The first-order chi connectivity index (χ1) is 10.4. The highest BCUT2D eigenvalue weighted by Crippen LogP contribution is 2.29. The Balaban J connectivity index is 1.77. The summed E-state index contributed by atoms with van der Waals surface area (Å²) in [6.45, 7) is 1.44. The van der Waals surface area contributed by atoms with Crippen molar-refractivity contribution < 1.29 is 24.5 Å². The molecule has 0 heterocycles. The molecule has 1 aliphatic rings. The summed E-state index contributed by atoms with van der Waals surface area (Å²) in [5.74, 6) is 0.0160. The summed E-state index contributed by atoms with van der Waals surface area (Å²) >= 11 is 0. The summed E-state index contributed by atoms with van der Waals surface area (Å²) in [6, 6.07) is 6.30. The van der Waals surface area contributed by atoms with Gasteiger partial charge in [-0.2, -0.15) is 0 Å². The number of aliphatic carboxylic acids is 1. The zero-order valence-corrected chi connectivity index (χ0v) is 12.3. The van der Waals surface area contributed by atoms with Gasteiger partial charge in [0.25, 0.3) is 0 Å². The molecule has 120 valence electrons. The van der Waals surface area contributed by atoms with Gasteiger partial charge in [0.2, 0.25) is 0 Å². The lowest BCUT2D eigenvalue weighted by Crippen LogP contribution is -2.47. The van der Waals surface area contributed by atoms with Crippen LogP contribution in [0.25, 0.3) is 0 Å². The highest BCUT2D eigenvalue weighted by Gasteiger charge is 2.30. The summed E-state index contributed by atoms with van der Waals surface area (Å²) in [4.78, 5) is 22.3. The van der Waals surface area contributed by atoms with Gasteiger partial charge in [-0.1, -0.05) is 0 Å². The predicted molar refractivity (Wildman–Crippen MR) is 79.9 cm³/mol. The van der Waals surface area contributed by atoms with E-state index >= 15 is 0 Å². The molecule has 0 saturated heterocycles. The third-order valence-corrected chi connectivity index (χ3v) is 3.35. The second kappa shape index (κ2) is 6.65. The number of anilines is 1. The summed E-state index contributed by atoms with van der Waals surface area (Å²) in [6.07, 6.45) is 2.44. The number of hydrogen-bond acceptors (Lipinski definition) is 4. The molecular weight excluding hydrogens is 288 g/mol. The normalized spacial score (nSPS) is 16.5. The molecular formula is C15H20N2O5. The number of carboxylic acids is 1. The average molecular weight is 308 g/mol. The molecule has 1 atom stereocenters. The van der Waals surface area contributed by atoms with Crippen LogP contribution in [0.1, 0.15) is 19.8 Å². The fourth-order valence-electron chi connectivity index (χ4n) is 1.64. The van der Waals surface area contributed by atoms with Crippen molar-refractivity contribution in [1.82, 2.24) is 5.32 Å². The molecule has 1 aromatic carbocycles. The lowest BCUT2D eigenvalue weighted by atomic mass is 10.1. The number of ether oxygens (including phenoxy) is 1. The molecule has 1 aromatic rings. The molecule has 4 N–H and O–H groups in total.